The summed E-state index contributed by atoms with van der Waals surface area (Å²) in [5, 5.41) is 3.43. The maximum atomic E-state index is 5.89. The lowest BCUT2D eigenvalue weighted by Crippen LogP contribution is -2.16. The molecule has 0 aliphatic carbocycles. The molecule has 1 aliphatic rings. The van der Waals surface area contributed by atoms with Gasteiger partial charge in [0.05, 0.1) is 13.2 Å². The zero-order valence-corrected chi connectivity index (χ0v) is 13.7. The van der Waals surface area contributed by atoms with Gasteiger partial charge in [-0.2, -0.15) is 0 Å². The van der Waals surface area contributed by atoms with Gasteiger partial charge < -0.3 is 14.8 Å². The van der Waals surface area contributed by atoms with Gasteiger partial charge in [0, 0.05) is 12.0 Å². The van der Waals surface area contributed by atoms with Gasteiger partial charge in [0.1, 0.15) is 0 Å². The van der Waals surface area contributed by atoms with E-state index in [9.17, 15) is 0 Å². The Morgan fingerprint density at radius 3 is 2.62 bits per heavy atom. The Kier molecular flexibility index (Phi) is 6.37. The van der Waals surface area contributed by atoms with Crippen LogP contribution in [0.5, 0.6) is 11.5 Å². The predicted molar refractivity (Wildman–Crippen MR) is 87.2 cm³/mol. The number of rotatable bonds is 7. The first-order chi connectivity index (χ1) is 10.2. The van der Waals surface area contributed by atoms with Crippen molar-refractivity contribution in [2.24, 2.45) is 5.92 Å². The molecule has 1 heterocycles. The van der Waals surface area contributed by atoms with Crippen molar-refractivity contribution in [1.82, 2.24) is 5.32 Å². The van der Waals surface area contributed by atoms with E-state index in [0.717, 1.165) is 24.7 Å². The number of fused-ring (bicyclic) bond motifs is 1. The van der Waals surface area contributed by atoms with Crippen LogP contribution in [-0.4, -0.2) is 20.3 Å². The smallest absolute Gasteiger partial charge is 0.161 e. The van der Waals surface area contributed by atoms with E-state index in [1.807, 2.05) is 7.05 Å². The molecule has 0 amide bonds. The zero-order chi connectivity index (χ0) is 15.1. The minimum atomic E-state index is 0.399. The zero-order valence-electron chi connectivity index (χ0n) is 13.7. The molecule has 0 fully saturated rings. The first-order valence-corrected chi connectivity index (χ1v) is 8.31. The fraction of sp³-hybridized carbons (Fsp3) is 0.667. The number of hydrogen-bond acceptors (Lipinski definition) is 3. The summed E-state index contributed by atoms with van der Waals surface area (Å²) in [6.07, 6.45) is 6.37. The molecule has 1 aliphatic heterocycles. The van der Waals surface area contributed by atoms with Crippen LogP contribution in [0.15, 0.2) is 18.2 Å². The van der Waals surface area contributed by atoms with Gasteiger partial charge in [0.2, 0.25) is 0 Å². The van der Waals surface area contributed by atoms with Crippen LogP contribution in [0.2, 0.25) is 0 Å². The van der Waals surface area contributed by atoms with E-state index in [4.69, 9.17) is 9.47 Å². The highest BCUT2D eigenvalue weighted by molar-refractivity contribution is 5.44. The molecule has 0 bridgehead atoms. The molecule has 0 saturated carbocycles. The van der Waals surface area contributed by atoms with Crippen molar-refractivity contribution in [2.75, 3.05) is 20.3 Å². The van der Waals surface area contributed by atoms with E-state index in [1.54, 1.807) is 0 Å². The molecular formula is C18H29NO2. The molecule has 2 rings (SSSR count). The van der Waals surface area contributed by atoms with E-state index < -0.39 is 0 Å². The van der Waals surface area contributed by atoms with E-state index in [1.165, 1.54) is 37.7 Å². The van der Waals surface area contributed by atoms with Crippen LogP contribution in [0.3, 0.4) is 0 Å². The maximum absolute atomic E-state index is 5.89. The van der Waals surface area contributed by atoms with Crippen LogP contribution in [0.1, 0.15) is 57.6 Å². The highest BCUT2D eigenvalue weighted by atomic mass is 16.5. The second-order valence-electron chi connectivity index (χ2n) is 6.12. The maximum Gasteiger partial charge on any atom is 0.161 e. The summed E-state index contributed by atoms with van der Waals surface area (Å²) in [7, 11) is 2.04. The number of hydrogen-bond donors (Lipinski definition) is 1. The van der Waals surface area contributed by atoms with Crippen molar-refractivity contribution in [3.05, 3.63) is 23.8 Å². The molecule has 0 radical (unpaired) electrons. The molecule has 118 valence electrons. The Morgan fingerprint density at radius 2 is 1.90 bits per heavy atom. The van der Waals surface area contributed by atoms with E-state index in [-0.39, 0.29) is 0 Å². The molecule has 2 unspecified atom stereocenters. The minimum absolute atomic E-state index is 0.399. The van der Waals surface area contributed by atoms with Crippen LogP contribution in [0, 0.1) is 5.92 Å². The summed E-state index contributed by atoms with van der Waals surface area (Å²) < 4.78 is 11.7. The van der Waals surface area contributed by atoms with Crippen molar-refractivity contribution in [1.29, 1.82) is 0 Å². The molecule has 3 heteroatoms. The Bertz CT molecular complexity index is 433. The molecule has 0 aromatic heterocycles. The summed E-state index contributed by atoms with van der Waals surface area (Å²) in [5.74, 6) is 2.21. The van der Waals surface area contributed by atoms with Gasteiger partial charge in [0.15, 0.2) is 11.5 Å². The second kappa shape index (κ2) is 8.28. The quantitative estimate of drug-likeness (QED) is 0.759. The monoisotopic (exact) mass is 291 g/mol. The third kappa shape index (κ3) is 4.63. The lowest BCUT2D eigenvalue weighted by atomic mass is 9.99. The number of benzene rings is 1. The van der Waals surface area contributed by atoms with Crippen molar-refractivity contribution >= 4 is 0 Å². The Hall–Kier alpha value is -1.22. The van der Waals surface area contributed by atoms with Crippen molar-refractivity contribution in [3.63, 3.8) is 0 Å². The lowest BCUT2D eigenvalue weighted by Gasteiger charge is -2.18. The first kappa shape index (κ1) is 16.2. The molecule has 0 saturated heterocycles. The van der Waals surface area contributed by atoms with Crippen molar-refractivity contribution < 1.29 is 9.47 Å². The van der Waals surface area contributed by atoms with E-state index in [0.29, 0.717) is 12.0 Å². The number of nitrogens with one attached hydrogen (secondary N) is 1. The van der Waals surface area contributed by atoms with Crippen LogP contribution in [-0.2, 0) is 0 Å². The van der Waals surface area contributed by atoms with Crippen molar-refractivity contribution in [3.8, 4) is 11.5 Å². The van der Waals surface area contributed by atoms with Crippen LogP contribution in [0.25, 0.3) is 0 Å². The van der Waals surface area contributed by atoms with Gasteiger partial charge in [-0.1, -0.05) is 45.6 Å². The molecule has 1 aromatic carbocycles. The third-order valence-electron chi connectivity index (χ3n) is 4.11. The third-order valence-corrected chi connectivity index (χ3v) is 4.11. The van der Waals surface area contributed by atoms with Gasteiger partial charge in [-0.25, -0.2) is 0 Å². The average molecular weight is 291 g/mol. The molecule has 1 N–H and O–H groups in total. The summed E-state index contributed by atoms with van der Waals surface area (Å²) in [6, 6.07) is 6.77. The number of unbranched alkanes of at least 4 members (excludes halogenated alkanes) is 3. The summed E-state index contributed by atoms with van der Waals surface area (Å²) >= 11 is 0. The Labute approximate surface area is 129 Å². The average Bonchev–Trinajstić information content (AvgIpc) is 2.69. The van der Waals surface area contributed by atoms with Gasteiger partial charge in [-0.05, 0) is 31.2 Å². The molecule has 3 nitrogen and oxygen atoms in total. The van der Waals surface area contributed by atoms with E-state index >= 15 is 0 Å². The second-order valence-corrected chi connectivity index (χ2v) is 6.12. The highest BCUT2D eigenvalue weighted by Crippen LogP contribution is 2.34. The van der Waals surface area contributed by atoms with Gasteiger partial charge in [0.25, 0.3) is 0 Å². The van der Waals surface area contributed by atoms with Crippen LogP contribution in [0.4, 0.5) is 0 Å². The molecule has 0 spiro atoms. The Morgan fingerprint density at radius 1 is 1.14 bits per heavy atom. The van der Waals surface area contributed by atoms with Gasteiger partial charge >= 0.3 is 0 Å². The molecule has 1 aromatic rings. The predicted octanol–water partition coefficient (Wildman–Crippen LogP) is 4.32. The molecule has 2 atom stereocenters. The normalized spacial score (nSPS) is 19.1. The molecule has 21 heavy (non-hydrogen) atoms. The topological polar surface area (TPSA) is 30.5 Å². The van der Waals surface area contributed by atoms with Crippen molar-refractivity contribution in [2.45, 2.75) is 52.0 Å². The summed E-state index contributed by atoms with van der Waals surface area (Å²) in [5.41, 5.74) is 1.30. The highest BCUT2D eigenvalue weighted by Gasteiger charge is 2.17. The molecular weight excluding hydrogens is 262 g/mol. The SMILES string of the molecule is CCCCCCC(NC)c1ccc2c(c1)OCC(C)CO2. The van der Waals surface area contributed by atoms with E-state index in [2.05, 4.69) is 37.4 Å². The van der Waals surface area contributed by atoms with Gasteiger partial charge in [-0.15, -0.1) is 0 Å². The summed E-state index contributed by atoms with van der Waals surface area (Å²) in [6.45, 7) is 5.87. The van der Waals surface area contributed by atoms with Crippen LogP contribution >= 0.6 is 0 Å². The fourth-order valence-electron chi connectivity index (χ4n) is 2.74. The standard InChI is InChI=1S/C18H29NO2/c1-4-5-6-7-8-16(19-3)15-9-10-17-18(11-15)21-13-14(2)12-20-17/h9-11,14,16,19H,4-8,12-13H2,1-3H3. The van der Waals surface area contributed by atoms with Crippen LogP contribution < -0.4 is 14.8 Å². The summed E-state index contributed by atoms with van der Waals surface area (Å²) in [4.78, 5) is 0. The first-order valence-electron chi connectivity index (χ1n) is 8.31. The lowest BCUT2D eigenvalue weighted by molar-refractivity contribution is 0.228. The fourth-order valence-corrected chi connectivity index (χ4v) is 2.74. The Balaban J connectivity index is 2.01. The minimum Gasteiger partial charge on any atom is -0.489 e. The number of ether oxygens (including phenoxy) is 2. The van der Waals surface area contributed by atoms with Gasteiger partial charge in [-0.3, -0.25) is 0 Å². The largest absolute Gasteiger partial charge is 0.489 e.